The summed E-state index contributed by atoms with van der Waals surface area (Å²) in [4.78, 5) is 59.7. The van der Waals surface area contributed by atoms with Gasteiger partial charge in [-0.1, -0.05) is 41.5 Å². The van der Waals surface area contributed by atoms with Gasteiger partial charge in [0.05, 0.1) is 66.7 Å². The highest BCUT2D eigenvalue weighted by Gasteiger charge is 2.35. The number of aromatic nitrogens is 9. The Kier molecular flexibility index (Phi) is 22.7. The van der Waals surface area contributed by atoms with E-state index >= 15 is 0 Å². The number of halogens is 2. The maximum Gasteiger partial charge on any atom is 0.410 e. The number of pyridine rings is 3. The lowest BCUT2D eigenvalue weighted by atomic mass is 9.88. The van der Waals surface area contributed by atoms with Gasteiger partial charge >= 0.3 is 47.6 Å². The van der Waals surface area contributed by atoms with Crippen LogP contribution in [-0.2, 0) is 14.3 Å². The second kappa shape index (κ2) is 28.0. The Hall–Kier alpha value is -7.34. The number of anilines is 3. The number of piperidine rings is 3. The van der Waals surface area contributed by atoms with E-state index in [2.05, 4.69) is 90.9 Å². The number of likely N-dealkylation sites (N-methyl/N-ethyl adjacent to an activating group) is 1. The number of carbonyl (C=O) groups is 2. The molecule has 0 unspecified atom stereocenters. The van der Waals surface area contributed by atoms with E-state index in [1.807, 2.05) is 59.7 Å². The lowest BCUT2D eigenvalue weighted by molar-refractivity contribution is -0.560. The fourth-order valence-corrected chi connectivity index (χ4v) is 10.7. The van der Waals surface area contributed by atoms with Gasteiger partial charge in [-0.25, -0.2) is 19.7 Å². The van der Waals surface area contributed by atoms with Crippen molar-refractivity contribution >= 4 is 87.4 Å². The zero-order valence-corrected chi connectivity index (χ0v) is 48.4. The van der Waals surface area contributed by atoms with E-state index in [1.165, 1.54) is 26.5 Å². The first-order valence-corrected chi connectivity index (χ1v) is 26.3. The monoisotopic (exact) mass is 1120 g/mol. The van der Waals surface area contributed by atoms with Crippen LogP contribution in [0.2, 0.25) is 0 Å². The molecule has 0 bridgehead atoms. The van der Waals surface area contributed by atoms with Gasteiger partial charge < -0.3 is 29.1 Å². The molecule has 0 radical (unpaired) electrons. The third-order valence-corrected chi connectivity index (χ3v) is 13.8. The summed E-state index contributed by atoms with van der Waals surface area (Å²) < 4.78 is 15.3. The van der Waals surface area contributed by atoms with Gasteiger partial charge in [-0.15, -0.1) is 53.5 Å². The van der Waals surface area contributed by atoms with Crippen LogP contribution in [0.4, 0.5) is 21.9 Å². The minimum Gasteiger partial charge on any atom is -0.460 e. The molecule has 0 aromatic carbocycles. The minimum absolute atomic E-state index is 0. The molecule has 20 nitrogen and oxygen atoms in total. The smallest absolute Gasteiger partial charge is 0.410 e. The van der Waals surface area contributed by atoms with Crippen molar-refractivity contribution in [1.82, 2.24) is 34.8 Å². The summed E-state index contributed by atoms with van der Waals surface area (Å²) in [6.07, 6.45) is 25.8. The first kappa shape index (κ1) is 64.2. The number of hydrogen-bond acceptors (Lipinski definition) is 16. The van der Waals surface area contributed by atoms with E-state index in [9.17, 15) is 25.4 Å². The Labute approximate surface area is 477 Å². The van der Waals surface area contributed by atoms with E-state index in [0.717, 1.165) is 74.1 Å². The number of ether oxygens (including phenoxy) is 2. The molecule has 1 amide bonds. The maximum atomic E-state index is 12.5. The van der Waals surface area contributed by atoms with Crippen LogP contribution in [0, 0.1) is 64.0 Å². The Morgan fingerprint density at radius 3 is 1.32 bits per heavy atom. The zero-order chi connectivity index (χ0) is 54.9. The normalized spacial score (nSPS) is 19.9. The highest BCUT2D eigenvalue weighted by molar-refractivity contribution is 5.86. The van der Waals surface area contributed by atoms with Gasteiger partial charge in [0.15, 0.2) is 16.6 Å². The SMILES string of the molecule is C.CC[C@@H]1C[C@H](C)CN(c2cc[n+](C#N)c3nccnc23)C1.C[C@H]1C[C@@H](CC(=O)OC(C)(C)C)CN(c2cc[n+](C#N)c3nccnc23)C1.C[C@H]1C[C@@H](N(C)C(=O)OC(C)(C)C)CN(c2cc[n+](C#N)c3nccnc23)C1.Cl.Cl. The van der Waals surface area contributed by atoms with Crippen molar-refractivity contribution in [3.05, 3.63) is 74.0 Å². The Morgan fingerprint density at radius 2 is 0.937 bits per heavy atom. The van der Waals surface area contributed by atoms with Gasteiger partial charge in [-0.3, -0.25) is 4.79 Å². The van der Waals surface area contributed by atoms with Crippen molar-refractivity contribution in [3.63, 3.8) is 0 Å². The fraction of sp³-hybridized carbons (Fsp3) is 0.544. The van der Waals surface area contributed by atoms with E-state index in [0.29, 0.717) is 58.7 Å². The Bertz CT molecular complexity index is 3170. The lowest BCUT2D eigenvalue weighted by Crippen LogP contribution is -2.52. The van der Waals surface area contributed by atoms with Crippen LogP contribution in [0.15, 0.2) is 74.0 Å². The molecule has 9 rings (SSSR count). The van der Waals surface area contributed by atoms with Crippen LogP contribution in [0.1, 0.15) is 109 Å². The molecule has 3 aliphatic heterocycles. The molecule has 6 atom stereocenters. The van der Waals surface area contributed by atoms with Gasteiger partial charge in [-0.05, 0) is 109 Å². The molecule has 6 aromatic heterocycles. The number of nitrogens with zero attached hydrogens (tertiary/aromatic N) is 16. The molecule has 0 N–H and O–H groups in total. The third-order valence-electron chi connectivity index (χ3n) is 13.8. The van der Waals surface area contributed by atoms with Crippen molar-refractivity contribution < 1.29 is 32.8 Å². The lowest BCUT2D eigenvalue weighted by Gasteiger charge is -2.41. The van der Waals surface area contributed by atoms with Crippen molar-refractivity contribution in [2.24, 2.45) is 29.6 Å². The predicted octanol–water partition coefficient (Wildman–Crippen LogP) is 8.37. The zero-order valence-electron chi connectivity index (χ0n) is 46.8. The van der Waals surface area contributed by atoms with Crippen LogP contribution in [0.5, 0.6) is 0 Å². The minimum atomic E-state index is -0.526. The van der Waals surface area contributed by atoms with Gasteiger partial charge in [-0.2, -0.15) is 0 Å². The molecule has 0 aliphatic carbocycles. The third kappa shape index (κ3) is 16.4. The number of hydrogen-bond donors (Lipinski definition) is 0. The fourth-order valence-electron chi connectivity index (χ4n) is 10.7. The summed E-state index contributed by atoms with van der Waals surface area (Å²) >= 11 is 0. The van der Waals surface area contributed by atoms with Crippen molar-refractivity contribution in [2.45, 2.75) is 126 Å². The predicted molar refractivity (Wildman–Crippen MR) is 307 cm³/mol. The molecular weight excluding hydrogens is 1040 g/mol. The second-order valence-corrected chi connectivity index (χ2v) is 22.6. The van der Waals surface area contributed by atoms with Gasteiger partial charge in [0, 0.05) is 62.1 Å². The van der Waals surface area contributed by atoms with E-state index in [4.69, 9.17) is 9.47 Å². The van der Waals surface area contributed by atoms with Crippen LogP contribution in [-0.4, -0.2) is 110 Å². The van der Waals surface area contributed by atoms with E-state index in [1.54, 1.807) is 67.7 Å². The van der Waals surface area contributed by atoms with Gasteiger partial charge in [0.2, 0.25) is 0 Å². The summed E-state index contributed by atoms with van der Waals surface area (Å²) in [7, 11) is 1.79. The average molecular weight is 1120 g/mol. The molecule has 0 spiro atoms. The topological polar surface area (TPSA) is 226 Å². The average Bonchev–Trinajstić information content (AvgIpc) is 3.44. The molecule has 3 saturated heterocycles. The highest BCUT2D eigenvalue weighted by atomic mass is 35.5. The highest BCUT2D eigenvalue weighted by Crippen LogP contribution is 2.33. The first-order chi connectivity index (χ1) is 36.2. The van der Waals surface area contributed by atoms with Crippen LogP contribution in [0.25, 0.3) is 33.5 Å². The largest absolute Gasteiger partial charge is 0.460 e. The van der Waals surface area contributed by atoms with Gasteiger partial charge in [0.25, 0.3) is 0 Å². The number of amides is 1. The summed E-state index contributed by atoms with van der Waals surface area (Å²) in [5.41, 5.74) is 5.86. The van der Waals surface area contributed by atoms with Crippen LogP contribution < -0.4 is 28.4 Å². The maximum absolute atomic E-state index is 12.5. The summed E-state index contributed by atoms with van der Waals surface area (Å²) in [6.45, 7) is 25.5. The molecular formula is C57H79Cl2N16O4+3. The molecule has 0 saturated carbocycles. The molecule has 9 heterocycles. The second-order valence-electron chi connectivity index (χ2n) is 22.6. The van der Waals surface area contributed by atoms with E-state index < -0.39 is 11.2 Å². The summed E-state index contributed by atoms with van der Waals surface area (Å²) in [5.74, 6) is 2.31. The molecule has 3 fully saturated rings. The van der Waals surface area contributed by atoms with Crippen molar-refractivity contribution in [2.75, 3.05) is 61.0 Å². The van der Waals surface area contributed by atoms with Gasteiger partial charge in [0.1, 0.15) is 29.8 Å². The molecule has 3 aliphatic rings. The number of rotatable bonds is 7. The molecule has 6 aromatic rings. The van der Waals surface area contributed by atoms with Crippen molar-refractivity contribution in [3.8, 4) is 18.6 Å². The Morgan fingerprint density at radius 1 is 0.582 bits per heavy atom. The molecule has 79 heavy (non-hydrogen) atoms. The number of esters is 1. The summed E-state index contributed by atoms with van der Waals surface area (Å²) in [6, 6.07) is 5.81. The first-order valence-electron chi connectivity index (χ1n) is 26.3. The number of fused-ring (bicyclic) bond motifs is 3. The van der Waals surface area contributed by atoms with Crippen molar-refractivity contribution in [1.29, 1.82) is 15.8 Å². The van der Waals surface area contributed by atoms with Crippen LogP contribution in [0.3, 0.4) is 0 Å². The Balaban J connectivity index is 0.000000253. The molecule has 22 heteroatoms. The molecule has 422 valence electrons. The number of carbonyl (C=O) groups excluding carboxylic acids is 2. The van der Waals surface area contributed by atoms with E-state index in [-0.39, 0.29) is 56.3 Å². The number of nitriles is 3. The summed E-state index contributed by atoms with van der Waals surface area (Å²) in [5, 5.41) is 27.8. The quantitative estimate of drug-likeness (QED) is 0.108. The standard InChI is InChI=1S/C20H27N6O2.C20H26N5O2.C16H20N5.CH4.2ClH/c1-14-10-15(24(5)19(27)28-20(2,3)4)12-26(11-14)16-6-9-25(13-21)18-17(16)22-7-8-23-18;1-14-9-15(10-17(26)27-20(2,3)4)12-25(11-14)16-5-8-24(13-21)19-18(16)22-6-7-23-19;1-3-13-8-12(2)9-21(10-13)14-4-7-20(11-17)16-15(14)18-5-6-19-16;;;/h6-9,14-15H,10-12H2,1-5H3;5-8,14-15H,9-12H2,1-4H3;4-7,12-13H,3,8-10H2,1-2H3;1H4;2*1H/q3*+1;;;/t14-,15+;14-,15-;12-,13+;;;/m000.../s1. The van der Waals surface area contributed by atoms with Crippen LogP contribution >= 0.6 is 24.8 Å².